The molecule has 1 aliphatic heterocycles. The van der Waals surface area contributed by atoms with Crippen LogP contribution in [0, 0.1) is 0 Å². The lowest BCUT2D eigenvalue weighted by Crippen LogP contribution is -2.27. The molecule has 29 heavy (non-hydrogen) atoms. The number of nitrogens with zero attached hydrogens (tertiary/aromatic N) is 6. The minimum absolute atomic E-state index is 0.289. The molecular formula is C21H24N8. The van der Waals surface area contributed by atoms with Crippen molar-refractivity contribution in [2.45, 2.75) is 25.3 Å². The number of H-pyrrole nitrogens is 1. The van der Waals surface area contributed by atoms with E-state index in [-0.39, 0.29) is 6.04 Å². The highest BCUT2D eigenvalue weighted by atomic mass is 15.2. The van der Waals surface area contributed by atoms with Gasteiger partial charge in [0.25, 0.3) is 0 Å². The molecule has 0 amide bonds. The van der Waals surface area contributed by atoms with Crippen LogP contribution in [0.15, 0.2) is 42.9 Å². The van der Waals surface area contributed by atoms with E-state index in [1.54, 1.807) is 4.68 Å². The van der Waals surface area contributed by atoms with Crippen LogP contribution in [0.4, 0.5) is 5.82 Å². The Labute approximate surface area is 168 Å². The van der Waals surface area contributed by atoms with Crippen LogP contribution in [-0.4, -0.2) is 49.1 Å². The molecule has 1 fully saturated rings. The lowest BCUT2D eigenvalue weighted by atomic mass is 10.1. The smallest absolute Gasteiger partial charge is 0.129 e. The van der Waals surface area contributed by atoms with Crippen molar-refractivity contribution in [2.24, 2.45) is 12.8 Å². The number of aromatic nitrogens is 6. The number of nitrogens with two attached hydrogens (primary N) is 1. The fourth-order valence-electron chi connectivity index (χ4n) is 3.91. The van der Waals surface area contributed by atoms with Gasteiger partial charge in [0.15, 0.2) is 0 Å². The van der Waals surface area contributed by atoms with E-state index in [1.807, 2.05) is 43.8 Å². The summed E-state index contributed by atoms with van der Waals surface area (Å²) in [5.41, 5.74) is 10.6. The van der Waals surface area contributed by atoms with Crippen molar-refractivity contribution in [3.63, 3.8) is 0 Å². The summed E-state index contributed by atoms with van der Waals surface area (Å²) in [6, 6.07) is 8.46. The molecule has 1 saturated heterocycles. The number of pyridine rings is 2. The number of hydrogen-bond acceptors (Lipinski definition) is 6. The molecule has 5 heterocycles. The van der Waals surface area contributed by atoms with Crippen LogP contribution in [0.2, 0.25) is 0 Å². The second-order valence-corrected chi connectivity index (χ2v) is 7.65. The molecule has 0 radical (unpaired) electrons. The fraction of sp³-hybridized carbons (Fsp3) is 0.333. The molecule has 0 aliphatic carbocycles. The number of aromatic amines is 1. The lowest BCUT2D eigenvalue weighted by Gasteiger charge is -2.21. The molecule has 0 unspecified atom stereocenters. The predicted molar refractivity (Wildman–Crippen MR) is 113 cm³/mol. The molecular weight excluding hydrogens is 364 g/mol. The number of fused-ring (bicyclic) bond motifs is 1. The van der Waals surface area contributed by atoms with E-state index in [1.165, 1.54) is 0 Å². The Kier molecular flexibility index (Phi) is 4.48. The first-order valence-electron chi connectivity index (χ1n) is 9.98. The Balaban J connectivity index is 1.52. The van der Waals surface area contributed by atoms with Crippen LogP contribution < -0.4 is 10.6 Å². The number of rotatable bonds is 3. The Morgan fingerprint density at radius 1 is 1.14 bits per heavy atom. The van der Waals surface area contributed by atoms with Crippen LogP contribution in [-0.2, 0) is 7.05 Å². The molecule has 4 aromatic heterocycles. The summed E-state index contributed by atoms with van der Waals surface area (Å²) in [4.78, 5) is 11.8. The predicted octanol–water partition coefficient (Wildman–Crippen LogP) is 2.74. The van der Waals surface area contributed by atoms with Crippen LogP contribution >= 0.6 is 0 Å². The van der Waals surface area contributed by atoms with Crippen LogP contribution in [0.3, 0.4) is 0 Å². The molecule has 8 heteroatoms. The summed E-state index contributed by atoms with van der Waals surface area (Å²) in [7, 11) is 1.90. The van der Waals surface area contributed by atoms with E-state index in [0.29, 0.717) is 0 Å². The average Bonchev–Trinajstić information content (AvgIpc) is 3.30. The summed E-state index contributed by atoms with van der Waals surface area (Å²) >= 11 is 0. The zero-order valence-corrected chi connectivity index (χ0v) is 16.4. The molecule has 5 rings (SSSR count). The van der Waals surface area contributed by atoms with E-state index < -0.39 is 0 Å². The van der Waals surface area contributed by atoms with Gasteiger partial charge in [-0.15, -0.1) is 0 Å². The minimum atomic E-state index is 0.289. The Morgan fingerprint density at radius 3 is 2.93 bits per heavy atom. The Bertz CT molecular complexity index is 1140. The van der Waals surface area contributed by atoms with Crippen LogP contribution in [0.25, 0.3) is 33.5 Å². The van der Waals surface area contributed by atoms with E-state index in [4.69, 9.17) is 10.7 Å². The van der Waals surface area contributed by atoms with Crippen LogP contribution in [0.5, 0.6) is 0 Å². The molecule has 0 bridgehead atoms. The van der Waals surface area contributed by atoms with E-state index >= 15 is 0 Å². The van der Waals surface area contributed by atoms with Gasteiger partial charge in [-0.2, -0.15) is 10.2 Å². The first kappa shape index (κ1) is 17.8. The van der Waals surface area contributed by atoms with Gasteiger partial charge in [0.1, 0.15) is 11.5 Å². The van der Waals surface area contributed by atoms with E-state index in [9.17, 15) is 0 Å². The number of hydrogen-bond donors (Lipinski definition) is 2. The van der Waals surface area contributed by atoms with Crippen molar-refractivity contribution >= 4 is 16.7 Å². The van der Waals surface area contributed by atoms with Crippen molar-refractivity contribution in [1.82, 2.24) is 29.9 Å². The zero-order chi connectivity index (χ0) is 19.8. The number of nitrogens with one attached hydrogen (secondary N) is 1. The monoisotopic (exact) mass is 388 g/mol. The maximum Gasteiger partial charge on any atom is 0.129 e. The SMILES string of the molecule is Cn1cc(-c2cc3c(-c4cccc(N5CCC[C@@H](N)CC5)n4)n[nH]c3cn2)cn1. The molecule has 8 nitrogen and oxygen atoms in total. The molecule has 3 N–H and O–H groups in total. The van der Waals surface area contributed by atoms with Gasteiger partial charge in [-0.25, -0.2) is 4.98 Å². The molecule has 1 atom stereocenters. The summed E-state index contributed by atoms with van der Waals surface area (Å²) < 4.78 is 1.77. The summed E-state index contributed by atoms with van der Waals surface area (Å²) in [6.45, 7) is 1.93. The highest BCUT2D eigenvalue weighted by molar-refractivity contribution is 5.93. The molecule has 0 aromatic carbocycles. The molecule has 0 saturated carbocycles. The van der Waals surface area contributed by atoms with Gasteiger partial charge in [0, 0.05) is 43.3 Å². The maximum atomic E-state index is 6.13. The van der Waals surface area contributed by atoms with Crippen molar-refractivity contribution in [2.75, 3.05) is 18.0 Å². The third kappa shape index (κ3) is 3.47. The van der Waals surface area contributed by atoms with Gasteiger partial charge in [-0.1, -0.05) is 6.07 Å². The van der Waals surface area contributed by atoms with Crippen molar-refractivity contribution in [3.8, 4) is 22.6 Å². The summed E-state index contributed by atoms with van der Waals surface area (Å²) in [6.07, 6.45) is 8.75. The van der Waals surface area contributed by atoms with Crippen molar-refractivity contribution in [1.29, 1.82) is 0 Å². The van der Waals surface area contributed by atoms with Gasteiger partial charge < -0.3 is 10.6 Å². The highest BCUT2D eigenvalue weighted by Crippen LogP contribution is 2.29. The highest BCUT2D eigenvalue weighted by Gasteiger charge is 2.17. The van der Waals surface area contributed by atoms with Gasteiger partial charge in [0.2, 0.25) is 0 Å². The molecule has 148 valence electrons. The topological polar surface area (TPSA) is 102 Å². The first-order valence-corrected chi connectivity index (χ1v) is 9.98. The third-order valence-corrected chi connectivity index (χ3v) is 5.52. The van der Waals surface area contributed by atoms with E-state index in [0.717, 1.165) is 71.7 Å². The van der Waals surface area contributed by atoms with Gasteiger partial charge in [0.05, 0.1) is 29.3 Å². The van der Waals surface area contributed by atoms with E-state index in [2.05, 4.69) is 31.2 Å². The second kappa shape index (κ2) is 7.29. The standard InChI is InChI=1S/C21H24N8/c1-28-13-14(11-24-28)18-10-16-19(12-23-18)26-27-21(16)17-5-2-6-20(25-17)29-8-3-4-15(22)7-9-29/h2,5-6,10-13,15H,3-4,7-9,22H2,1H3,(H,26,27)/t15-/m1/s1. The first-order chi connectivity index (χ1) is 14.2. The largest absolute Gasteiger partial charge is 0.357 e. The zero-order valence-electron chi connectivity index (χ0n) is 16.4. The molecule has 4 aromatic rings. The van der Waals surface area contributed by atoms with Gasteiger partial charge in [-0.05, 0) is 37.5 Å². The minimum Gasteiger partial charge on any atom is -0.357 e. The number of anilines is 1. The second-order valence-electron chi connectivity index (χ2n) is 7.65. The fourth-order valence-corrected chi connectivity index (χ4v) is 3.91. The quantitative estimate of drug-likeness (QED) is 0.560. The normalized spacial score (nSPS) is 17.6. The summed E-state index contributed by atoms with van der Waals surface area (Å²) in [5, 5.41) is 12.9. The van der Waals surface area contributed by atoms with Gasteiger partial charge in [-0.3, -0.25) is 14.8 Å². The third-order valence-electron chi connectivity index (χ3n) is 5.52. The lowest BCUT2D eigenvalue weighted by molar-refractivity contribution is 0.601. The Morgan fingerprint density at radius 2 is 2.07 bits per heavy atom. The van der Waals surface area contributed by atoms with Gasteiger partial charge >= 0.3 is 0 Å². The van der Waals surface area contributed by atoms with Crippen LogP contribution in [0.1, 0.15) is 19.3 Å². The molecule has 1 aliphatic rings. The average molecular weight is 388 g/mol. The number of aryl methyl sites for hydroxylation is 1. The van der Waals surface area contributed by atoms with Crippen molar-refractivity contribution < 1.29 is 0 Å². The maximum absolute atomic E-state index is 6.13. The molecule has 0 spiro atoms. The Hall–Kier alpha value is -3.26. The van der Waals surface area contributed by atoms with Crippen molar-refractivity contribution in [3.05, 3.63) is 42.9 Å². The summed E-state index contributed by atoms with van der Waals surface area (Å²) in [5.74, 6) is 0.981.